The number of phenolic OH excluding ortho intramolecular Hbond substituents is 1. The summed E-state index contributed by atoms with van der Waals surface area (Å²) in [5.74, 6) is -1.93. The first-order chi connectivity index (χ1) is 8.84. The van der Waals surface area contributed by atoms with E-state index >= 15 is 0 Å². The number of benzene rings is 1. The molecule has 0 amide bonds. The SMILES string of the molecule is CC(=O)[O-].CC(=O)[O-].Oc1cccc2cccnc12.[Na+].[Na+]. The molecule has 2 rings (SSSR count). The maximum atomic E-state index is 9.31. The van der Waals surface area contributed by atoms with Crippen LogP contribution in [0.15, 0.2) is 36.5 Å². The number of pyridine rings is 1. The van der Waals surface area contributed by atoms with Crippen LogP contribution in [-0.2, 0) is 9.59 Å². The van der Waals surface area contributed by atoms with Gasteiger partial charge >= 0.3 is 59.1 Å². The zero-order valence-corrected chi connectivity index (χ0v) is 16.5. The fourth-order valence-corrected chi connectivity index (χ4v) is 1.09. The van der Waals surface area contributed by atoms with Gasteiger partial charge in [-0.3, -0.25) is 4.98 Å². The Hall–Kier alpha value is -0.630. The minimum Gasteiger partial charge on any atom is -0.550 e. The number of carbonyl (C=O) groups excluding carboxylic acids is 2. The second-order valence-electron chi connectivity index (χ2n) is 3.34. The van der Waals surface area contributed by atoms with Crippen LogP contribution in [-0.4, -0.2) is 22.0 Å². The smallest absolute Gasteiger partial charge is 0.550 e. The Bertz CT molecular complexity index is 538. The van der Waals surface area contributed by atoms with Crippen LogP contribution in [0.25, 0.3) is 10.9 Å². The van der Waals surface area contributed by atoms with Gasteiger partial charge in [-0.25, -0.2) is 0 Å². The van der Waals surface area contributed by atoms with Gasteiger partial charge in [-0.2, -0.15) is 0 Å². The fraction of sp³-hybridized carbons (Fsp3) is 0.154. The van der Waals surface area contributed by atoms with E-state index < -0.39 is 11.9 Å². The molecule has 0 saturated carbocycles. The zero-order valence-electron chi connectivity index (χ0n) is 12.5. The quantitative estimate of drug-likeness (QED) is 0.484. The average Bonchev–Trinajstić information content (AvgIpc) is 2.28. The standard InChI is InChI=1S/C9H7NO.2C2H4O2.2Na/c11-8-5-1-3-7-4-2-6-10-9(7)8;2*1-2(3)4;;/h1-6,11H;2*1H3,(H,3,4);;/q;;;2*+1/p-2. The molecule has 0 aliphatic rings. The Morgan fingerprint density at radius 2 is 1.43 bits per heavy atom. The van der Waals surface area contributed by atoms with Crippen molar-refractivity contribution in [3.8, 4) is 5.75 Å². The molecule has 0 unspecified atom stereocenters. The summed E-state index contributed by atoms with van der Waals surface area (Å²) in [6, 6.07) is 9.13. The van der Waals surface area contributed by atoms with E-state index in [-0.39, 0.29) is 64.9 Å². The Morgan fingerprint density at radius 1 is 1.00 bits per heavy atom. The van der Waals surface area contributed by atoms with Gasteiger partial charge in [-0.1, -0.05) is 18.2 Å². The molecule has 0 spiro atoms. The maximum absolute atomic E-state index is 9.31. The molecule has 2 aromatic rings. The summed E-state index contributed by atoms with van der Waals surface area (Å²) in [4.78, 5) is 21.8. The van der Waals surface area contributed by atoms with Crippen molar-refractivity contribution in [1.29, 1.82) is 0 Å². The number of hydrogen-bond donors (Lipinski definition) is 1. The summed E-state index contributed by atoms with van der Waals surface area (Å²) in [6.45, 7) is 1.94. The molecule has 0 saturated heterocycles. The van der Waals surface area contributed by atoms with E-state index in [1.165, 1.54) is 0 Å². The second kappa shape index (κ2) is 14.3. The van der Waals surface area contributed by atoms with Crippen molar-refractivity contribution in [2.24, 2.45) is 0 Å². The van der Waals surface area contributed by atoms with Gasteiger partial charge < -0.3 is 24.9 Å². The largest absolute Gasteiger partial charge is 1.00 e. The minimum atomic E-state index is -1.08. The van der Waals surface area contributed by atoms with E-state index in [9.17, 15) is 5.11 Å². The van der Waals surface area contributed by atoms with Crippen LogP contribution in [0.4, 0.5) is 0 Å². The number of carboxylic acid groups (broad SMARTS) is 2. The van der Waals surface area contributed by atoms with Crippen molar-refractivity contribution < 1.29 is 84.0 Å². The number of phenols is 1. The minimum absolute atomic E-state index is 0. The van der Waals surface area contributed by atoms with Crippen LogP contribution in [0.1, 0.15) is 13.8 Å². The van der Waals surface area contributed by atoms with Crippen molar-refractivity contribution in [3.05, 3.63) is 36.5 Å². The van der Waals surface area contributed by atoms with E-state index in [0.29, 0.717) is 5.52 Å². The van der Waals surface area contributed by atoms with Crippen LogP contribution >= 0.6 is 0 Å². The van der Waals surface area contributed by atoms with Crippen molar-refractivity contribution in [2.45, 2.75) is 13.8 Å². The first kappa shape index (κ1) is 25.3. The van der Waals surface area contributed by atoms with Crippen molar-refractivity contribution in [1.82, 2.24) is 4.98 Å². The third-order valence-electron chi connectivity index (χ3n) is 1.61. The number of aliphatic carboxylic acids is 2. The molecule has 102 valence electrons. The molecule has 1 N–H and O–H groups in total. The topological polar surface area (TPSA) is 113 Å². The number of hydrogen-bond acceptors (Lipinski definition) is 6. The molecule has 21 heavy (non-hydrogen) atoms. The number of carbonyl (C=O) groups is 2. The summed E-state index contributed by atoms with van der Waals surface area (Å²) in [6.07, 6.45) is 1.67. The number of carboxylic acids is 2. The monoisotopic (exact) mass is 309 g/mol. The number of nitrogens with zero attached hydrogens (tertiary/aromatic N) is 1. The van der Waals surface area contributed by atoms with E-state index in [4.69, 9.17) is 19.8 Å². The predicted molar refractivity (Wildman–Crippen MR) is 64.8 cm³/mol. The number of aromatic nitrogens is 1. The van der Waals surface area contributed by atoms with Crippen molar-refractivity contribution >= 4 is 22.8 Å². The van der Waals surface area contributed by atoms with E-state index in [2.05, 4.69) is 4.98 Å². The van der Waals surface area contributed by atoms with Crippen LogP contribution in [0, 0.1) is 0 Å². The van der Waals surface area contributed by atoms with Gasteiger partial charge in [0, 0.05) is 23.5 Å². The second-order valence-corrected chi connectivity index (χ2v) is 3.34. The summed E-state index contributed by atoms with van der Waals surface area (Å²) in [5, 5.41) is 28.1. The Balaban J connectivity index is -0.000000280. The number of aromatic hydroxyl groups is 1. The van der Waals surface area contributed by atoms with Gasteiger partial charge in [-0.15, -0.1) is 0 Å². The molecule has 1 aromatic carbocycles. The molecular formula is C13H13NNa2O5. The third kappa shape index (κ3) is 14.1. The van der Waals surface area contributed by atoms with Crippen molar-refractivity contribution in [3.63, 3.8) is 0 Å². The van der Waals surface area contributed by atoms with Gasteiger partial charge in [0.05, 0.1) is 0 Å². The van der Waals surface area contributed by atoms with Crippen LogP contribution in [0.5, 0.6) is 5.75 Å². The molecule has 0 fully saturated rings. The average molecular weight is 309 g/mol. The Morgan fingerprint density at radius 3 is 1.86 bits per heavy atom. The van der Waals surface area contributed by atoms with Crippen LogP contribution < -0.4 is 69.3 Å². The molecule has 8 heteroatoms. The summed E-state index contributed by atoms with van der Waals surface area (Å²) >= 11 is 0. The van der Waals surface area contributed by atoms with Gasteiger partial charge in [-0.05, 0) is 26.0 Å². The number of rotatable bonds is 0. The molecule has 0 aliphatic heterocycles. The molecule has 0 aliphatic carbocycles. The molecular weight excluding hydrogens is 296 g/mol. The zero-order chi connectivity index (χ0) is 14.8. The van der Waals surface area contributed by atoms with E-state index in [0.717, 1.165) is 19.2 Å². The molecule has 6 nitrogen and oxygen atoms in total. The molecule has 1 heterocycles. The third-order valence-corrected chi connectivity index (χ3v) is 1.61. The van der Waals surface area contributed by atoms with E-state index in [1.807, 2.05) is 18.2 Å². The molecule has 0 bridgehead atoms. The first-order valence-electron chi connectivity index (χ1n) is 5.22. The van der Waals surface area contributed by atoms with Crippen LogP contribution in [0.2, 0.25) is 0 Å². The molecule has 0 atom stereocenters. The summed E-state index contributed by atoms with van der Waals surface area (Å²) < 4.78 is 0. The molecule has 0 radical (unpaired) electrons. The van der Waals surface area contributed by atoms with Crippen molar-refractivity contribution in [2.75, 3.05) is 0 Å². The summed E-state index contributed by atoms with van der Waals surface area (Å²) in [5.41, 5.74) is 0.662. The maximum Gasteiger partial charge on any atom is 1.00 e. The van der Waals surface area contributed by atoms with Gasteiger partial charge in [0.25, 0.3) is 0 Å². The first-order valence-corrected chi connectivity index (χ1v) is 5.22. The normalized spacial score (nSPS) is 7.71. The summed E-state index contributed by atoms with van der Waals surface area (Å²) in [7, 11) is 0. The predicted octanol–water partition coefficient (Wildman–Crippen LogP) is -6.54. The fourth-order valence-electron chi connectivity index (χ4n) is 1.09. The Kier molecular flexibility index (Phi) is 17.3. The Labute approximate surface area is 166 Å². The van der Waals surface area contributed by atoms with Gasteiger partial charge in [0.1, 0.15) is 11.3 Å². The number of fused-ring (bicyclic) bond motifs is 1. The van der Waals surface area contributed by atoms with Gasteiger partial charge in [0.2, 0.25) is 0 Å². The van der Waals surface area contributed by atoms with E-state index in [1.54, 1.807) is 18.3 Å². The van der Waals surface area contributed by atoms with Crippen LogP contribution in [0.3, 0.4) is 0 Å². The molecule has 1 aromatic heterocycles. The number of para-hydroxylation sites is 1. The van der Waals surface area contributed by atoms with Gasteiger partial charge in [0.15, 0.2) is 0 Å².